The molecule has 6 heteroatoms. The van der Waals surface area contributed by atoms with Gasteiger partial charge in [0.1, 0.15) is 0 Å². The standard InChI is InChI=1S/C15H30N2O3S/c1-14-4-2-8-17(12-14)9-3-7-16-21(18,19)13-15-5-10-20-11-6-15/h14-16H,2-13H2,1H3/t14-/m0/s1. The van der Waals surface area contributed by atoms with Crippen LogP contribution in [0, 0.1) is 11.8 Å². The van der Waals surface area contributed by atoms with Gasteiger partial charge < -0.3 is 9.64 Å². The number of likely N-dealkylation sites (tertiary alicyclic amines) is 1. The zero-order valence-electron chi connectivity index (χ0n) is 13.2. The van der Waals surface area contributed by atoms with E-state index in [2.05, 4.69) is 16.5 Å². The lowest BCUT2D eigenvalue weighted by Gasteiger charge is -2.30. The van der Waals surface area contributed by atoms with Crippen molar-refractivity contribution >= 4 is 10.0 Å². The summed E-state index contributed by atoms with van der Waals surface area (Å²) in [5.74, 6) is 1.31. The fourth-order valence-electron chi connectivity index (χ4n) is 3.30. The van der Waals surface area contributed by atoms with E-state index in [9.17, 15) is 8.42 Å². The van der Waals surface area contributed by atoms with Crippen molar-refractivity contribution in [3.63, 3.8) is 0 Å². The van der Waals surface area contributed by atoms with Crippen LogP contribution in [0.1, 0.15) is 39.0 Å². The van der Waals surface area contributed by atoms with Crippen molar-refractivity contribution in [2.75, 3.05) is 45.1 Å². The third-order valence-corrected chi connectivity index (χ3v) is 6.06. The Kier molecular flexibility index (Phi) is 6.92. The second-order valence-electron chi connectivity index (χ2n) is 6.63. The predicted octanol–water partition coefficient (Wildman–Crippen LogP) is 1.45. The Morgan fingerprint density at radius 2 is 2.00 bits per heavy atom. The van der Waals surface area contributed by atoms with Gasteiger partial charge in [0.15, 0.2) is 0 Å². The molecule has 0 spiro atoms. The first kappa shape index (κ1) is 17.2. The first-order chi connectivity index (χ1) is 10.1. The van der Waals surface area contributed by atoms with Crippen molar-refractivity contribution in [3.05, 3.63) is 0 Å². The van der Waals surface area contributed by atoms with E-state index < -0.39 is 10.0 Å². The number of rotatable bonds is 7. The molecule has 0 radical (unpaired) electrons. The van der Waals surface area contributed by atoms with E-state index >= 15 is 0 Å². The summed E-state index contributed by atoms with van der Waals surface area (Å²) < 4.78 is 32.1. The summed E-state index contributed by atoms with van der Waals surface area (Å²) in [5, 5.41) is 0. The van der Waals surface area contributed by atoms with Gasteiger partial charge in [-0.15, -0.1) is 0 Å². The smallest absolute Gasteiger partial charge is 0.211 e. The quantitative estimate of drug-likeness (QED) is 0.722. The van der Waals surface area contributed by atoms with Crippen LogP contribution < -0.4 is 4.72 Å². The van der Waals surface area contributed by atoms with Crippen LogP contribution in [0.4, 0.5) is 0 Å². The monoisotopic (exact) mass is 318 g/mol. The van der Waals surface area contributed by atoms with E-state index in [0.29, 0.717) is 19.8 Å². The van der Waals surface area contributed by atoms with E-state index in [4.69, 9.17) is 4.74 Å². The third-order valence-electron chi connectivity index (χ3n) is 4.51. The van der Waals surface area contributed by atoms with Gasteiger partial charge >= 0.3 is 0 Å². The summed E-state index contributed by atoms with van der Waals surface area (Å²) in [6.07, 6.45) is 5.24. The summed E-state index contributed by atoms with van der Waals surface area (Å²) in [5.41, 5.74) is 0. The zero-order valence-corrected chi connectivity index (χ0v) is 14.0. The second kappa shape index (κ2) is 8.46. The fraction of sp³-hybridized carbons (Fsp3) is 1.00. The Bertz CT molecular complexity index is 394. The average molecular weight is 318 g/mol. The average Bonchev–Trinajstić information content (AvgIpc) is 2.44. The largest absolute Gasteiger partial charge is 0.381 e. The van der Waals surface area contributed by atoms with Crippen LogP contribution in [0.3, 0.4) is 0 Å². The molecular formula is C15H30N2O3S. The molecule has 21 heavy (non-hydrogen) atoms. The molecule has 1 N–H and O–H groups in total. The molecule has 0 aromatic heterocycles. The van der Waals surface area contributed by atoms with Gasteiger partial charge in [-0.25, -0.2) is 13.1 Å². The molecule has 0 bridgehead atoms. The van der Waals surface area contributed by atoms with Crippen LogP contribution in [0.25, 0.3) is 0 Å². The van der Waals surface area contributed by atoms with Crippen LogP contribution in [0.15, 0.2) is 0 Å². The van der Waals surface area contributed by atoms with Crippen molar-refractivity contribution in [2.24, 2.45) is 11.8 Å². The summed E-state index contributed by atoms with van der Waals surface area (Å²) in [4.78, 5) is 2.46. The highest BCUT2D eigenvalue weighted by molar-refractivity contribution is 7.89. The Labute approximate surface area is 129 Å². The molecule has 0 amide bonds. The number of nitrogens with zero attached hydrogens (tertiary/aromatic N) is 1. The summed E-state index contributed by atoms with van der Waals surface area (Å²) in [7, 11) is -3.12. The van der Waals surface area contributed by atoms with E-state index in [-0.39, 0.29) is 11.7 Å². The predicted molar refractivity (Wildman–Crippen MR) is 84.8 cm³/mol. The highest BCUT2D eigenvalue weighted by Crippen LogP contribution is 2.17. The van der Waals surface area contributed by atoms with Gasteiger partial charge in [-0.2, -0.15) is 0 Å². The number of nitrogens with one attached hydrogen (secondary N) is 1. The van der Waals surface area contributed by atoms with Crippen molar-refractivity contribution in [1.82, 2.24) is 9.62 Å². The minimum absolute atomic E-state index is 0.261. The topological polar surface area (TPSA) is 58.6 Å². The van der Waals surface area contributed by atoms with E-state index in [1.54, 1.807) is 0 Å². The maximum atomic E-state index is 12.0. The maximum Gasteiger partial charge on any atom is 0.211 e. The Morgan fingerprint density at radius 3 is 2.71 bits per heavy atom. The molecule has 5 nitrogen and oxygen atoms in total. The van der Waals surface area contributed by atoms with Crippen LogP contribution in [-0.2, 0) is 14.8 Å². The number of ether oxygens (including phenoxy) is 1. The van der Waals surface area contributed by atoms with Crippen LogP contribution >= 0.6 is 0 Å². The Hall–Kier alpha value is -0.170. The number of hydrogen-bond acceptors (Lipinski definition) is 4. The lowest BCUT2D eigenvalue weighted by atomic mass is 10.0. The number of piperidine rings is 1. The lowest BCUT2D eigenvalue weighted by Crippen LogP contribution is -2.37. The molecule has 2 rings (SSSR count). The number of hydrogen-bond donors (Lipinski definition) is 1. The Balaban J connectivity index is 1.60. The molecule has 0 saturated carbocycles. The second-order valence-corrected chi connectivity index (χ2v) is 8.48. The first-order valence-electron chi connectivity index (χ1n) is 8.32. The zero-order chi connectivity index (χ0) is 15.1. The summed E-state index contributed by atoms with van der Waals surface area (Å²) >= 11 is 0. The van der Waals surface area contributed by atoms with Crippen molar-refractivity contribution in [3.8, 4) is 0 Å². The van der Waals surface area contributed by atoms with Crippen LogP contribution in [0.5, 0.6) is 0 Å². The summed E-state index contributed by atoms with van der Waals surface area (Å²) in [6.45, 7) is 7.60. The molecule has 2 saturated heterocycles. The SMILES string of the molecule is C[C@H]1CCCN(CCCNS(=O)(=O)CC2CCOCC2)C1. The van der Waals surface area contributed by atoms with E-state index in [1.165, 1.54) is 19.4 Å². The molecule has 2 aliphatic heterocycles. The lowest BCUT2D eigenvalue weighted by molar-refractivity contribution is 0.0723. The molecule has 0 aliphatic carbocycles. The molecule has 0 aromatic carbocycles. The minimum Gasteiger partial charge on any atom is -0.381 e. The molecule has 0 unspecified atom stereocenters. The third kappa shape index (κ3) is 6.63. The van der Waals surface area contributed by atoms with Gasteiger partial charge in [0.2, 0.25) is 10.0 Å². The van der Waals surface area contributed by atoms with Crippen molar-refractivity contribution in [1.29, 1.82) is 0 Å². The van der Waals surface area contributed by atoms with Crippen LogP contribution in [-0.4, -0.2) is 58.5 Å². The first-order valence-corrected chi connectivity index (χ1v) is 9.98. The fourth-order valence-corrected chi connectivity index (χ4v) is 4.83. The number of sulfonamides is 1. The minimum atomic E-state index is -3.12. The molecule has 124 valence electrons. The summed E-state index contributed by atoms with van der Waals surface area (Å²) in [6, 6.07) is 0. The molecule has 2 aliphatic rings. The van der Waals surface area contributed by atoms with Crippen molar-refractivity contribution in [2.45, 2.75) is 39.0 Å². The molecule has 2 fully saturated rings. The van der Waals surface area contributed by atoms with Gasteiger partial charge in [0.25, 0.3) is 0 Å². The highest BCUT2D eigenvalue weighted by atomic mass is 32.2. The molecule has 1 atom stereocenters. The Morgan fingerprint density at radius 1 is 1.24 bits per heavy atom. The van der Waals surface area contributed by atoms with E-state index in [1.807, 2.05) is 0 Å². The highest BCUT2D eigenvalue weighted by Gasteiger charge is 2.21. The van der Waals surface area contributed by atoms with Gasteiger partial charge in [0.05, 0.1) is 5.75 Å². The van der Waals surface area contributed by atoms with Crippen molar-refractivity contribution < 1.29 is 13.2 Å². The molecule has 2 heterocycles. The van der Waals surface area contributed by atoms with Gasteiger partial charge in [-0.3, -0.25) is 0 Å². The maximum absolute atomic E-state index is 12.0. The van der Waals surface area contributed by atoms with Gasteiger partial charge in [-0.1, -0.05) is 6.92 Å². The van der Waals surface area contributed by atoms with Crippen LogP contribution in [0.2, 0.25) is 0 Å². The normalized spacial score (nSPS) is 26.0. The molecular weight excluding hydrogens is 288 g/mol. The van der Waals surface area contributed by atoms with Gasteiger partial charge in [0, 0.05) is 26.3 Å². The van der Waals surface area contributed by atoms with Gasteiger partial charge in [-0.05, 0) is 57.0 Å². The van der Waals surface area contributed by atoms with E-state index in [0.717, 1.165) is 38.3 Å². The molecule has 0 aromatic rings.